The second-order valence-corrected chi connectivity index (χ2v) is 5.48. The summed E-state index contributed by atoms with van der Waals surface area (Å²) in [5, 5.41) is 11.1. The summed E-state index contributed by atoms with van der Waals surface area (Å²) in [7, 11) is 0. The molecule has 2 aromatic heterocycles. The molecule has 0 fully saturated rings. The third kappa shape index (κ3) is 2.19. The van der Waals surface area contributed by atoms with Crippen LogP contribution in [-0.2, 0) is 6.18 Å². The molecule has 4 aromatic rings. The van der Waals surface area contributed by atoms with Crippen LogP contribution in [0.2, 0.25) is 0 Å². The lowest BCUT2D eigenvalue weighted by molar-refractivity contribution is -0.139. The van der Waals surface area contributed by atoms with Crippen molar-refractivity contribution in [3.8, 4) is 16.9 Å². The van der Waals surface area contributed by atoms with E-state index in [0.29, 0.717) is 27.4 Å². The molecule has 0 saturated heterocycles. The first-order valence-corrected chi connectivity index (χ1v) is 7.21. The third-order valence-corrected chi connectivity index (χ3v) is 4.00. The lowest BCUT2D eigenvalue weighted by Crippen LogP contribution is -2.08. The summed E-state index contributed by atoms with van der Waals surface area (Å²) < 4.78 is 39.4. The van der Waals surface area contributed by atoms with Gasteiger partial charge in [0.05, 0.1) is 5.52 Å². The molecular formula is C18H11F3N2O. The number of benzene rings is 2. The van der Waals surface area contributed by atoms with Crippen molar-refractivity contribution in [1.82, 2.24) is 9.97 Å². The Balaban J connectivity index is 1.99. The fraction of sp³-hybridized carbons (Fsp3) is 0.0556. The van der Waals surface area contributed by atoms with Crippen LogP contribution in [0, 0.1) is 0 Å². The van der Waals surface area contributed by atoms with Crippen molar-refractivity contribution in [2.24, 2.45) is 0 Å². The summed E-state index contributed by atoms with van der Waals surface area (Å²) >= 11 is 0. The lowest BCUT2D eigenvalue weighted by atomic mass is 10.0. The van der Waals surface area contributed by atoms with Gasteiger partial charge in [-0.1, -0.05) is 30.3 Å². The van der Waals surface area contributed by atoms with E-state index in [1.807, 2.05) is 0 Å². The second kappa shape index (κ2) is 4.99. The number of nitrogens with one attached hydrogen (secondary N) is 1. The molecule has 3 nitrogen and oxygen atoms in total. The van der Waals surface area contributed by atoms with Crippen molar-refractivity contribution in [3.63, 3.8) is 0 Å². The van der Waals surface area contributed by atoms with E-state index in [-0.39, 0.29) is 11.3 Å². The minimum Gasteiger partial charge on any atom is -0.507 e. The van der Waals surface area contributed by atoms with Crippen molar-refractivity contribution in [2.75, 3.05) is 0 Å². The average molecular weight is 328 g/mol. The number of rotatable bonds is 1. The molecule has 0 atom stereocenters. The highest BCUT2D eigenvalue weighted by atomic mass is 19.4. The Bertz CT molecular complexity index is 1070. The number of hydrogen-bond donors (Lipinski definition) is 2. The van der Waals surface area contributed by atoms with Crippen LogP contribution in [0.5, 0.6) is 5.75 Å². The summed E-state index contributed by atoms with van der Waals surface area (Å²) in [5.41, 5.74) is 0.930. The maximum absolute atomic E-state index is 13.1. The van der Waals surface area contributed by atoms with Gasteiger partial charge in [-0.3, -0.25) is 0 Å². The Morgan fingerprint density at radius 2 is 1.75 bits per heavy atom. The Labute approximate surface area is 134 Å². The Kier molecular flexibility index (Phi) is 3.03. The van der Waals surface area contributed by atoms with Gasteiger partial charge in [-0.05, 0) is 23.8 Å². The molecule has 120 valence electrons. The number of nitrogens with zero attached hydrogens (tertiary/aromatic N) is 1. The number of phenolic OH excluding ortho intramolecular Hbond substituents is 1. The summed E-state index contributed by atoms with van der Waals surface area (Å²) in [6.07, 6.45) is -3.36. The predicted octanol–water partition coefficient (Wildman–Crippen LogP) is 5.11. The summed E-state index contributed by atoms with van der Waals surface area (Å²) in [6.45, 7) is 0. The van der Waals surface area contributed by atoms with E-state index in [1.165, 1.54) is 0 Å². The average Bonchev–Trinajstić information content (AvgIpc) is 2.91. The van der Waals surface area contributed by atoms with E-state index in [9.17, 15) is 18.3 Å². The number of aromatic amines is 1. The number of phenols is 1. The summed E-state index contributed by atoms with van der Waals surface area (Å²) in [5.74, 6) is 0.116. The van der Waals surface area contributed by atoms with Crippen LogP contribution < -0.4 is 0 Å². The minimum atomic E-state index is -4.53. The first-order chi connectivity index (χ1) is 11.4. The number of fused-ring (bicyclic) bond motifs is 3. The van der Waals surface area contributed by atoms with Crippen LogP contribution in [-0.4, -0.2) is 15.1 Å². The molecule has 4 rings (SSSR count). The van der Waals surface area contributed by atoms with Crippen molar-refractivity contribution >= 4 is 21.8 Å². The Morgan fingerprint density at radius 1 is 0.958 bits per heavy atom. The number of aromatic hydroxyl groups is 1. The molecule has 24 heavy (non-hydrogen) atoms. The zero-order chi connectivity index (χ0) is 16.9. The van der Waals surface area contributed by atoms with Crippen LogP contribution in [0.15, 0.2) is 54.7 Å². The van der Waals surface area contributed by atoms with Gasteiger partial charge in [0, 0.05) is 28.0 Å². The van der Waals surface area contributed by atoms with Crippen LogP contribution in [0.1, 0.15) is 5.69 Å². The van der Waals surface area contributed by atoms with Crippen LogP contribution in [0.3, 0.4) is 0 Å². The van der Waals surface area contributed by atoms with Gasteiger partial charge in [-0.25, -0.2) is 4.98 Å². The van der Waals surface area contributed by atoms with Crippen molar-refractivity contribution in [3.05, 3.63) is 60.4 Å². The van der Waals surface area contributed by atoms with Crippen LogP contribution in [0.4, 0.5) is 13.2 Å². The smallest absolute Gasteiger partial charge is 0.435 e. The highest BCUT2D eigenvalue weighted by Gasteiger charge is 2.35. The van der Waals surface area contributed by atoms with E-state index >= 15 is 0 Å². The highest BCUT2D eigenvalue weighted by molar-refractivity contribution is 6.09. The number of hydrogen-bond acceptors (Lipinski definition) is 2. The van der Waals surface area contributed by atoms with Crippen molar-refractivity contribution in [1.29, 1.82) is 0 Å². The molecule has 0 spiro atoms. The maximum Gasteiger partial charge on any atom is 0.435 e. The van der Waals surface area contributed by atoms with Crippen molar-refractivity contribution < 1.29 is 18.3 Å². The predicted molar refractivity (Wildman–Crippen MR) is 85.7 cm³/mol. The molecule has 2 N–H and O–H groups in total. The molecule has 0 radical (unpaired) electrons. The van der Waals surface area contributed by atoms with E-state index in [2.05, 4.69) is 9.97 Å². The molecule has 0 aliphatic rings. The Morgan fingerprint density at radius 3 is 2.50 bits per heavy atom. The van der Waals surface area contributed by atoms with E-state index in [4.69, 9.17) is 0 Å². The number of pyridine rings is 1. The molecule has 2 aromatic carbocycles. The monoisotopic (exact) mass is 328 g/mol. The maximum atomic E-state index is 13.1. The number of alkyl halides is 3. The van der Waals surface area contributed by atoms with Gasteiger partial charge in [0.1, 0.15) is 5.75 Å². The molecule has 0 saturated carbocycles. The molecule has 0 aliphatic heterocycles. The SMILES string of the molecule is Oc1ccccc1-c1ccc2c(c1)[nH]c1c(C(F)(F)F)nccc12. The fourth-order valence-corrected chi connectivity index (χ4v) is 2.93. The molecule has 0 aliphatic carbocycles. The molecular weight excluding hydrogens is 317 g/mol. The van der Waals surface area contributed by atoms with E-state index in [1.54, 1.807) is 48.5 Å². The molecule has 2 heterocycles. The van der Waals surface area contributed by atoms with Gasteiger partial charge in [0.2, 0.25) is 0 Å². The Hall–Kier alpha value is -3.02. The molecule has 0 amide bonds. The minimum absolute atomic E-state index is 0.0329. The molecule has 6 heteroatoms. The van der Waals surface area contributed by atoms with Gasteiger partial charge in [0.15, 0.2) is 5.69 Å². The zero-order valence-electron chi connectivity index (χ0n) is 12.2. The van der Waals surface area contributed by atoms with Crippen molar-refractivity contribution in [2.45, 2.75) is 6.18 Å². The zero-order valence-corrected chi connectivity index (χ0v) is 12.2. The molecule has 0 unspecified atom stereocenters. The summed E-state index contributed by atoms with van der Waals surface area (Å²) in [6, 6.07) is 13.6. The quantitative estimate of drug-likeness (QED) is 0.510. The van der Waals surface area contributed by atoms with E-state index in [0.717, 1.165) is 6.20 Å². The summed E-state index contributed by atoms with van der Waals surface area (Å²) in [4.78, 5) is 6.29. The normalized spacial score (nSPS) is 12.1. The van der Waals surface area contributed by atoms with Gasteiger partial charge in [-0.15, -0.1) is 0 Å². The van der Waals surface area contributed by atoms with Gasteiger partial charge in [-0.2, -0.15) is 13.2 Å². The topological polar surface area (TPSA) is 48.9 Å². The van der Waals surface area contributed by atoms with Gasteiger partial charge >= 0.3 is 6.18 Å². The van der Waals surface area contributed by atoms with Gasteiger partial charge < -0.3 is 10.1 Å². The second-order valence-electron chi connectivity index (χ2n) is 5.48. The number of para-hydroxylation sites is 1. The van der Waals surface area contributed by atoms with Crippen LogP contribution in [0.25, 0.3) is 32.9 Å². The first kappa shape index (κ1) is 14.6. The number of halogens is 3. The number of H-pyrrole nitrogens is 1. The van der Waals surface area contributed by atoms with Gasteiger partial charge in [0.25, 0.3) is 0 Å². The molecule has 0 bridgehead atoms. The highest BCUT2D eigenvalue weighted by Crippen LogP contribution is 2.37. The van der Waals surface area contributed by atoms with E-state index < -0.39 is 11.9 Å². The number of aromatic nitrogens is 2. The largest absolute Gasteiger partial charge is 0.507 e. The standard InChI is InChI=1S/C18H11F3N2O/c19-18(20,21)17-16-13(7-8-22-17)12-6-5-10(9-14(12)23-16)11-3-1-2-4-15(11)24/h1-9,23-24H. The first-order valence-electron chi connectivity index (χ1n) is 7.21. The fourth-order valence-electron chi connectivity index (χ4n) is 2.93. The lowest BCUT2D eigenvalue weighted by Gasteiger charge is -2.05. The third-order valence-electron chi connectivity index (χ3n) is 4.00. The van der Waals surface area contributed by atoms with Crippen LogP contribution >= 0.6 is 0 Å².